The van der Waals surface area contributed by atoms with Crippen LogP contribution in [0.4, 0.5) is 16.0 Å². The third-order valence-electron chi connectivity index (χ3n) is 3.52. The van der Waals surface area contributed by atoms with E-state index in [0.29, 0.717) is 24.1 Å². The van der Waals surface area contributed by atoms with E-state index in [4.69, 9.17) is 16.1 Å². The summed E-state index contributed by atoms with van der Waals surface area (Å²) in [5, 5.41) is 3.87. The van der Waals surface area contributed by atoms with Gasteiger partial charge in [-0.25, -0.2) is 4.39 Å². The number of benzene rings is 1. The minimum Gasteiger partial charge on any atom is -0.344 e. The third-order valence-corrected chi connectivity index (χ3v) is 3.83. The Bertz CT molecular complexity index is 719. The van der Waals surface area contributed by atoms with Crippen molar-refractivity contribution in [3.8, 4) is 0 Å². The molecule has 22 heavy (non-hydrogen) atoms. The van der Waals surface area contributed by atoms with Crippen LogP contribution in [0.5, 0.6) is 0 Å². The number of halogens is 2. The Labute approximate surface area is 131 Å². The highest BCUT2D eigenvalue weighted by Crippen LogP contribution is 2.32. The standard InChI is InChI=1S/C14H14ClFN4O2/c1-19(2)14-17-13(22-18-14)8-5-12(21)20(7-8)9-3-4-10(15)11(16)6-9/h3-4,6,8H,5,7H2,1-2H3/t8-/m1/s1. The van der Waals surface area contributed by atoms with Crippen LogP contribution < -0.4 is 9.80 Å². The quantitative estimate of drug-likeness (QED) is 0.868. The van der Waals surface area contributed by atoms with E-state index in [9.17, 15) is 9.18 Å². The zero-order valence-corrected chi connectivity index (χ0v) is 12.8. The van der Waals surface area contributed by atoms with Crippen molar-refractivity contribution in [2.45, 2.75) is 12.3 Å². The van der Waals surface area contributed by atoms with E-state index in [-0.39, 0.29) is 23.3 Å². The summed E-state index contributed by atoms with van der Waals surface area (Å²) in [6.45, 7) is 0.370. The van der Waals surface area contributed by atoms with Crippen molar-refractivity contribution in [2.75, 3.05) is 30.4 Å². The van der Waals surface area contributed by atoms with E-state index in [0.717, 1.165) is 0 Å². The molecule has 0 radical (unpaired) electrons. The molecule has 3 rings (SSSR count). The molecule has 8 heteroatoms. The van der Waals surface area contributed by atoms with Gasteiger partial charge in [0.1, 0.15) is 5.82 Å². The van der Waals surface area contributed by atoms with Crippen LogP contribution >= 0.6 is 11.6 Å². The summed E-state index contributed by atoms with van der Waals surface area (Å²) in [5.41, 5.74) is 0.474. The number of carbonyl (C=O) groups is 1. The summed E-state index contributed by atoms with van der Waals surface area (Å²) < 4.78 is 18.8. The van der Waals surface area contributed by atoms with Crippen LogP contribution in [-0.2, 0) is 4.79 Å². The van der Waals surface area contributed by atoms with Crippen LogP contribution in [0.25, 0.3) is 0 Å². The topological polar surface area (TPSA) is 62.5 Å². The molecule has 0 aliphatic carbocycles. The predicted octanol–water partition coefficient (Wildman–Crippen LogP) is 2.45. The predicted molar refractivity (Wildman–Crippen MR) is 79.7 cm³/mol. The first-order valence-electron chi connectivity index (χ1n) is 6.72. The lowest BCUT2D eigenvalue weighted by Gasteiger charge is -2.16. The average Bonchev–Trinajstić information content (AvgIpc) is 3.08. The maximum Gasteiger partial charge on any atom is 0.265 e. The number of nitrogens with zero attached hydrogens (tertiary/aromatic N) is 4. The molecular weight excluding hydrogens is 311 g/mol. The normalized spacial score (nSPS) is 18.1. The SMILES string of the molecule is CN(C)c1noc([C@@H]2CC(=O)N(c3ccc(Cl)c(F)c3)C2)n1. The molecule has 2 aromatic rings. The molecule has 1 fully saturated rings. The van der Waals surface area contributed by atoms with Crippen LogP contribution in [0.1, 0.15) is 18.2 Å². The van der Waals surface area contributed by atoms with Gasteiger partial charge in [0.2, 0.25) is 11.8 Å². The highest BCUT2D eigenvalue weighted by molar-refractivity contribution is 6.30. The van der Waals surface area contributed by atoms with E-state index in [1.807, 2.05) is 0 Å². The Morgan fingerprint density at radius 1 is 1.45 bits per heavy atom. The minimum atomic E-state index is -0.553. The smallest absolute Gasteiger partial charge is 0.265 e. The van der Waals surface area contributed by atoms with Gasteiger partial charge in [-0.15, -0.1) is 0 Å². The van der Waals surface area contributed by atoms with Crippen LogP contribution in [0.15, 0.2) is 22.7 Å². The summed E-state index contributed by atoms with van der Waals surface area (Å²) in [6.07, 6.45) is 0.249. The van der Waals surface area contributed by atoms with E-state index in [2.05, 4.69) is 10.1 Å². The second kappa shape index (κ2) is 5.57. The Hall–Kier alpha value is -2.15. The van der Waals surface area contributed by atoms with Crippen molar-refractivity contribution in [3.05, 3.63) is 34.9 Å². The van der Waals surface area contributed by atoms with E-state index in [1.54, 1.807) is 25.1 Å². The maximum absolute atomic E-state index is 13.6. The van der Waals surface area contributed by atoms with Crippen molar-refractivity contribution in [3.63, 3.8) is 0 Å². The molecule has 116 valence electrons. The summed E-state index contributed by atoms with van der Waals surface area (Å²) in [7, 11) is 3.61. The Morgan fingerprint density at radius 2 is 2.23 bits per heavy atom. The zero-order valence-electron chi connectivity index (χ0n) is 12.1. The number of amides is 1. The molecular formula is C14H14ClFN4O2. The van der Waals surface area contributed by atoms with Crippen LogP contribution in [-0.4, -0.2) is 36.7 Å². The largest absolute Gasteiger partial charge is 0.344 e. The highest BCUT2D eigenvalue weighted by Gasteiger charge is 2.35. The van der Waals surface area contributed by atoms with Gasteiger partial charge in [-0.2, -0.15) is 4.98 Å². The van der Waals surface area contributed by atoms with Gasteiger partial charge in [0.05, 0.1) is 10.9 Å². The molecule has 1 aromatic carbocycles. The van der Waals surface area contributed by atoms with E-state index < -0.39 is 5.82 Å². The number of aromatic nitrogens is 2. The lowest BCUT2D eigenvalue weighted by Crippen LogP contribution is -2.24. The van der Waals surface area contributed by atoms with Gasteiger partial charge >= 0.3 is 0 Å². The molecule has 6 nitrogen and oxygen atoms in total. The summed E-state index contributed by atoms with van der Waals surface area (Å²) in [5.74, 6) is -0.000660. The molecule has 0 unspecified atom stereocenters. The first kappa shape index (κ1) is 14.8. The first-order chi connectivity index (χ1) is 10.5. The molecule has 1 aliphatic heterocycles. The number of rotatable bonds is 3. The Morgan fingerprint density at radius 3 is 2.86 bits per heavy atom. The fraction of sp³-hybridized carbons (Fsp3) is 0.357. The summed E-state index contributed by atoms with van der Waals surface area (Å²) in [6, 6.07) is 4.30. The number of hydrogen-bond donors (Lipinski definition) is 0. The maximum atomic E-state index is 13.6. The van der Waals surface area contributed by atoms with Gasteiger partial charge < -0.3 is 14.3 Å². The van der Waals surface area contributed by atoms with Crippen molar-refractivity contribution in [1.82, 2.24) is 10.1 Å². The van der Waals surface area contributed by atoms with Crippen LogP contribution in [0, 0.1) is 5.82 Å². The summed E-state index contributed by atoms with van der Waals surface area (Å²) in [4.78, 5) is 19.6. The lowest BCUT2D eigenvalue weighted by atomic mass is 10.1. The molecule has 2 heterocycles. The minimum absolute atomic E-state index is 0.0273. The van der Waals surface area contributed by atoms with Crippen LogP contribution in [0.2, 0.25) is 5.02 Å². The fourth-order valence-electron chi connectivity index (χ4n) is 2.35. The lowest BCUT2D eigenvalue weighted by molar-refractivity contribution is -0.117. The Balaban J connectivity index is 1.81. The molecule has 1 aromatic heterocycles. The number of carbonyl (C=O) groups excluding carboxylic acids is 1. The fourth-order valence-corrected chi connectivity index (χ4v) is 2.47. The van der Waals surface area contributed by atoms with Crippen molar-refractivity contribution < 1.29 is 13.7 Å². The summed E-state index contributed by atoms with van der Waals surface area (Å²) >= 11 is 5.66. The van der Waals surface area contributed by atoms with Gasteiger partial charge in [0.15, 0.2) is 0 Å². The van der Waals surface area contributed by atoms with Crippen molar-refractivity contribution >= 4 is 29.1 Å². The number of hydrogen-bond acceptors (Lipinski definition) is 5. The van der Waals surface area contributed by atoms with Crippen LogP contribution in [0.3, 0.4) is 0 Å². The molecule has 0 spiro atoms. The second-order valence-electron chi connectivity index (χ2n) is 5.33. The van der Waals surface area contributed by atoms with E-state index in [1.165, 1.54) is 17.0 Å². The third kappa shape index (κ3) is 2.64. The van der Waals surface area contributed by atoms with Gasteiger partial charge in [0.25, 0.3) is 5.95 Å². The van der Waals surface area contributed by atoms with Gasteiger partial charge in [-0.1, -0.05) is 11.6 Å². The van der Waals surface area contributed by atoms with Gasteiger partial charge in [-0.05, 0) is 23.4 Å². The molecule has 1 saturated heterocycles. The molecule has 1 atom stereocenters. The highest BCUT2D eigenvalue weighted by atomic mass is 35.5. The van der Waals surface area contributed by atoms with Crippen molar-refractivity contribution in [2.24, 2.45) is 0 Å². The number of anilines is 2. The molecule has 0 bridgehead atoms. The molecule has 1 amide bonds. The zero-order chi connectivity index (χ0) is 15.9. The van der Waals surface area contributed by atoms with Gasteiger partial charge in [-0.3, -0.25) is 4.79 Å². The Kier molecular flexibility index (Phi) is 3.74. The second-order valence-corrected chi connectivity index (χ2v) is 5.74. The molecule has 1 aliphatic rings. The monoisotopic (exact) mass is 324 g/mol. The molecule has 0 saturated carbocycles. The molecule has 0 N–H and O–H groups in total. The van der Waals surface area contributed by atoms with Gasteiger partial charge in [0, 0.05) is 32.7 Å². The first-order valence-corrected chi connectivity index (χ1v) is 7.10. The van der Waals surface area contributed by atoms with E-state index >= 15 is 0 Å². The average molecular weight is 325 g/mol. The van der Waals surface area contributed by atoms with Crippen molar-refractivity contribution in [1.29, 1.82) is 0 Å².